The van der Waals surface area contributed by atoms with E-state index in [1.165, 1.54) is 4.90 Å². The molecule has 318 valence electrons. The summed E-state index contributed by atoms with van der Waals surface area (Å²) in [6.07, 6.45) is 1.94. The number of rotatable bonds is 13. The Hall–Kier alpha value is -6.52. The van der Waals surface area contributed by atoms with Crippen molar-refractivity contribution in [2.24, 2.45) is 11.8 Å². The van der Waals surface area contributed by atoms with Crippen LogP contribution in [0.2, 0.25) is 0 Å². The number of aromatic nitrogens is 4. The summed E-state index contributed by atoms with van der Waals surface area (Å²) in [5.41, 5.74) is 4.21. The molecule has 1 aliphatic carbocycles. The van der Waals surface area contributed by atoms with Crippen LogP contribution in [-0.4, -0.2) is 105 Å². The van der Waals surface area contributed by atoms with Crippen molar-refractivity contribution in [1.82, 2.24) is 41.5 Å². The third-order valence-electron chi connectivity index (χ3n) is 10.8. The van der Waals surface area contributed by atoms with E-state index in [2.05, 4.69) is 41.9 Å². The summed E-state index contributed by atoms with van der Waals surface area (Å²) in [7, 11) is 1.57. The van der Waals surface area contributed by atoms with Crippen LogP contribution >= 0.6 is 0 Å². The third-order valence-corrected chi connectivity index (χ3v) is 10.8. The lowest BCUT2D eigenvalue weighted by Gasteiger charge is -2.29. The molecular formula is C43H53N9O8. The summed E-state index contributed by atoms with van der Waals surface area (Å²) in [6, 6.07) is 16.7. The molecule has 17 nitrogen and oxygen atoms in total. The summed E-state index contributed by atoms with van der Waals surface area (Å²) in [6.45, 7) is 8.40. The van der Waals surface area contributed by atoms with Crippen LogP contribution in [0.15, 0.2) is 60.7 Å². The van der Waals surface area contributed by atoms with Gasteiger partial charge in [0.15, 0.2) is 0 Å². The number of carbonyl (C=O) groups is 5. The monoisotopic (exact) mass is 823 g/mol. The highest BCUT2D eigenvalue weighted by Gasteiger charge is 2.31. The number of nitrogens with zero attached hydrogens (tertiary/aromatic N) is 4. The fourth-order valence-corrected chi connectivity index (χ4v) is 7.64. The van der Waals surface area contributed by atoms with Gasteiger partial charge in [0, 0.05) is 60.4 Å². The maximum absolute atomic E-state index is 14.0. The molecule has 0 unspecified atom stereocenters. The van der Waals surface area contributed by atoms with Crippen molar-refractivity contribution in [1.29, 1.82) is 0 Å². The van der Waals surface area contributed by atoms with E-state index in [9.17, 15) is 29.1 Å². The molecule has 1 saturated carbocycles. The predicted octanol–water partition coefficient (Wildman–Crippen LogP) is 5.33. The maximum atomic E-state index is 14.0. The zero-order chi connectivity index (χ0) is 43.0. The summed E-state index contributed by atoms with van der Waals surface area (Å²) in [4.78, 5) is 65.9. The van der Waals surface area contributed by atoms with Gasteiger partial charge in [0.25, 0.3) is 5.91 Å². The first-order chi connectivity index (χ1) is 28.6. The normalized spacial score (nSPS) is 18.2. The molecular weight excluding hydrogens is 771 g/mol. The van der Waals surface area contributed by atoms with Crippen LogP contribution in [-0.2, 0) is 20.7 Å². The average molecular weight is 824 g/mol. The first kappa shape index (κ1) is 43.1. The lowest BCUT2D eigenvalue weighted by molar-refractivity contribution is -0.130. The van der Waals surface area contributed by atoms with Crippen molar-refractivity contribution < 1.29 is 38.6 Å². The van der Waals surface area contributed by atoms with Crippen molar-refractivity contribution in [2.45, 2.75) is 83.9 Å². The molecule has 3 aromatic carbocycles. The minimum Gasteiger partial charge on any atom is -0.496 e. The molecule has 1 aromatic heterocycles. The Morgan fingerprint density at radius 2 is 1.70 bits per heavy atom. The van der Waals surface area contributed by atoms with E-state index in [0.29, 0.717) is 60.7 Å². The van der Waals surface area contributed by atoms with Crippen LogP contribution in [0.4, 0.5) is 15.3 Å². The van der Waals surface area contributed by atoms with Gasteiger partial charge in [-0.3, -0.25) is 14.4 Å². The molecule has 6 rings (SSSR count). The SMILES string of the molecule is COc1ccc(C[C@H](NC(=O)[C@H]2CC[C@H](CNC(=O)OC(C)(C)C)CC2)C(=O)Nc2ccc(-c3nn[nH]n3)cc2)cc1-c1ccc(C(=O)N[C@@H]2CCN(C(=O)O)C2)cc1C. The number of H-pyrrole nitrogens is 1. The van der Waals surface area contributed by atoms with Gasteiger partial charge in [0.05, 0.1) is 7.11 Å². The van der Waals surface area contributed by atoms with E-state index >= 15 is 0 Å². The minimum absolute atomic E-state index is 0.166. The van der Waals surface area contributed by atoms with Crippen LogP contribution in [0.5, 0.6) is 5.75 Å². The van der Waals surface area contributed by atoms with Gasteiger partial charge in [-0.1, -0.05) is 12.1 Å². The summed E-state index contributed by atoms with van der Waals surface area (Å²) < 4.78 is 11.1. The fraction of sp³-hybridized carbons (Fsp3) is 0.442. The Kier molecular flexibility index (Phi) is 13.7. The molecule has 17 heteroatoms. The number of alkyl carbamates (subject to hydrolysis) is 1. The Labute approximate surface area is 348 Å². The number of tetrazole rings is 1. The van der Waals surface area contributed by atoms with Crippen LogP contribution in [0.1, 0.15) is 74.4 Å². The molecule has 1 aliphatic heterocycles. The quantitative estimate of drug-likeness (QED) is 0.101. The second kappa shape index (κ2) is 19.0. The number of nitrogens with one attached hydrogen (secondary N) is 5. The molecule has 2 aliphatic rings. The molecule has 1 saturated heterocycles. The minimum atomic E-state index is -1.00. The lowest BCUT2D eigenvalue weighted by atomic mass is 9.81. The molecule has 6 N–H and O–H groups in total. The largest absolute Gasteiger partial charge is 0.496 e. The van der Waals surface area contributed by atoms with Gasteiger partial charge >= 0.3 is 12.2 Å². The van der Waals surface area contributed by atoms with E-state index in [0.717, 1.165) is 35.1 Å². The molecule has 2 atom stereocenters. The zero-order valence-electron chi connectivity index (χ0n) is 34.5. The smallest absolute Gasteiger partial charge is 0.407 e. The van der Waals surface area contributed by atoms with E-state index in [1.807, 2.05) is 52.0 Å². The number of aromatic amines is 1. The number of anilines is 1. The van der Waals surface area contributed by atoms with Crippen molar-refractivity contribution in [3.63, 3.8) is 0 Å². The van der Waals surface area contributed by atoms with E-state index < -0.39 is 29.7 Å². The van der Waals surface area contributed by atoms with Gasteiger partial charge < -0.3 is 40.7 Å². The number of hydrogen-bond donors (Lipinski definition) is 6. The Morgan fingerprint density at radius 1 is 0.950 bits per heavy atom. The highest BCUT2D eigenvalue weighted by molar-refractivity contribution is 5.98. The van der Waals surface area contributed by atoms with E-state index in [1.54, 1.807) is 43.5 Å². The summed E-state index contributed by atoms with van der Waals surface area (Å²) in [5.74, 6) is -0.00273. The molecule has 2 fully saturated rings. The van der Waals surface area contributed by atoms with E-state index in [-0.39, 0.29) is 42.7 Å². The van der Waals surface area contributed by atoms with Crippen LogP contribution in [0, 0.1) is 18.8 Å². The van der Waals surface area contributed by atoms with Crippen molar-refractivity contribution >= 4 is 35.6 Å². The number of ether oxygens (including phenoxy) is 2. The van der Waals surface area contributed by atoms with Gasteiger partial charge in [0.1, 0.15) is 17.4 Å². The van der Waals surface area contributed by atoms with Gasteiger partial charge in [-0.05, 0) is 136 Å². The number of aryl methyl sites for hydroxylation is 1. The van der Waals surface area contributed by atoms with Crippen molar-refractivity contribution in [3.8, 4) is 28.3 Å². The molecule has 60 heavy (non-hydrogen) atoms. The Bertz CT molecular complexity index is 2160. The fourth-order valence-electron chi connectivity index (χ4n) is 7.64. The van der Waals surface area contributed by atoms with Crippen LogP contribution in [0.3, 0.4) is 0 Å². The van der Waals surface area contributed by atoms with Gasteiger partial charge in [-0.25, -0.2) is 9.59 Å². The third kappa shape index (κ3) is 11.4. The number of carbonyl (C=O) groups excluding carboxylic acids is 4. The second-order valence-corrected chi connectivity index (χ2v) is 16.4. The van der Waals surface area contributed by atoms with Gasteiger partial charge in [-0.2, -0.15) is 5.21 Å². The molecule has 5 amide bonds. The number of amides is 5. The number of benzene rings is 3. The number of carboxylic acid groups (broad SMARTS) is 1. The molecule has 4 aromatic rings. The number of hydrogen-bond acceptors (Lipinski definition) is 10. The standard InChI is InChI=1S/C43H53N9O8/c1-25-20-30(39(54)46-32-18-19-52(24-32)42(57)58)13-16-33(25)34-21-27(8-17-36(34)59-5)22-35(40(55)45-31-14-11-28(12-15-31)37-48-50-51-49-37)47-38(53)29-9-6-26(7-10-29)23-44-41(56)60-43(2,3)4/h8,11-17,20-21,26,29,32,35H,6-7,9-10,18-19,22-24H2,1-5H3,(H,44,56)(H,45,55)(H,46,54)(H,47,53)(H,57,58)(H,48,49,50,51)/t26-,29-,32-,35+/m1/s1. The Morgan fingerprint density at radius 3 is 2.33 bits per heavy atom. The van der Waals surface area contributed by atoms with Crippen LogP contribution < -0.4 is 26.0 Å². The summed E-state index contributed by atoms with van der Waals surface area (Å²) in [5, 5.41) is 35.1. The predicted molar refractivity (Wildman–Crippen MR) is 222 cm³/mol. The van der Waals surface area contributed by atoms with Crippen LogP contribution in [0.25, 0.3) is 22.5 Å². The number of methoxy groups -OCH3 is 1. The summed E-state index contributed by atoms with van der Waals surface area (Å²) >= 11 is 0. The first-order valence-electron chi connectivity index (χ1n) is 20.1. The second-order valence-electron chi connectivity index (χ2n) is 16.4. The lowest BCUT2D eigenvalue weighted by Crippen LogP contribution is -2.48. The molecule has 0 radical (unpaired) electrons. The highest BCUT2D eigenvalue weighted by Crippen LogP contribution is 2.35. The first-order valence-corrected chi connectivity index (χ1v) is 20.1. The average Bonchev–Trinajstić information content (AvgIpc) is 3.93. The van der Waals surface area contributed by atoms with Gasteiger partial charge in [-0.15, -0.1) is 10.2 Å². The zero-order valence-corrected chi connectivity index (χ0v) is 34.5. The molecule has 0 bridgehead atoms. The molecule has 2 heterocycles. The topological polar surface area (TPSA) is 230 Å². The van der Waals surface area contributed by atoms with Crippen molar-refractivity contribution in [2.75, 3.05) is 32.1 Å². The molecule has 0 spiro atoms. The maximum Gasteiger partial charge on any atom is 0.407 e. The number of likely N-dealkylation sites (tertiary alicyclic amines) is 1. The highest BCUT2D eigenvalue weighted by atomic mass is 16.6. The Balaban J connectivity index is 1.17. The van der Waals surface area contributed by atoms with E-state index in [4.69, 9.17) is 9.47 Å². The van der Waals surface area contributed by atoms with Crippen molar-refractivity contribution in [3.05, 3.63) is 77.4 Å². The van der Waals surface area contributed by atoms with Gasteiger partial charge in [0.2, 0.25) is 17.6 Å².